The molecule has 0 radical (unpaired) electrons. The number of carbonyl (C=O) groups excluding carboxylic acids is 1. The van der Waals surface area contributed by atoms with Crippen LogP contribution in [0.15, 0.2) is 36.5 Å². The third-order valence-corrected chi connectivity index (χ3v) is 2.39. The first kappa shape index (κ1) is 10.8. The standard InChI is InChI=1S/C12H16O2/c1-4-12(3)7-5-11(6-8-12)9-14-10(2)13/h4-7H,1,8-9H2,2-3H3. The molecule has 0 heterocycles. The molecule has 0 aromatic carbocycles. The molecule has 76 valence electrons. The Bertz CT molecular complexity index is 299. The molecule has 0 amide bonds. The summed E-state index contributed by atoms with van der Waals surface area (Å²) < 4.78 is 4.90. The maximum Gasteiger partial charge on any atom is 0.302 e. The lowest BCUT2D eigenvalue weighted by atomic mass is 9.82. The van der Waals surface area contributed by atoms with Crippen molar-refractivity contribution in [1.29, 1.82) is 0 Å². The SMILES string of the molecule is C=CC1(C)C=CC(COC(C)=O)=CC1. The number of hydrogen-bond acceptors (Lipinski definition) is 2. The van der Waals surface area contributed by atoms with Crippen LogP contribution in [0.2, 0.25) is 0 Å². The molecule has 0 aromatic heterocycles. The van der Waals surface area contributed by atoms with E-state index in [2.05, 4.69) is 25.7 Å². The molecule has 0 saturated carbocycles. The Morgan fingerprint density at radius 3 is 2.93 bits per heavy atom. The maximum atomic E-state index is 10.6. The Kier molecular flexibility index (Phi) is 3.28. The Hall–Kier alpha value is -1.31. The summed E-state index contributed by atoms with van der Waals surface area (Å²) in [6.45, 7) is 7.70. The van der Waals surface area contributed by atoms with E-state index in [1.165, 1.54) is 6.92 Å². The average molecular weight is 192 g/mol. The maximum absolute atomic E-state index is 10.6. The van der Waals surface area contributed by atoms with Gasteiger partial charge in [-0.3, -0.25) is 4.79 Å². The van der Waals surface area contributed by atoms with Crippen LogP contribution in [0.3, 0.4) is 0 Å². The Labute approximate surface area is 85.0 Å². The van der Waals surface area contributed by atoms with E-state index in [1.807, 2.05) is 12.2 Å². The van der Waals surface area contributed by atoms with E-state index in [1.54, 1.807) is 0 Å². The minimum atomic E-state index is -0.239. The summed E-state index contributed by atoms with van der Waals surface area (Å²) >= 11 is 0. The van der Waals surface area contributed by atoms with Gasteiger partial charge in [0, 0.05) is 12.3 Å². The van der Waals surface area contributed by atoms with Gasteiger partial charge in [-0.15, -0.1) is 6.58 Å². The minimum absolute atomic E-state index is 0.0553. The summed E-state index contributed by atoms with van der Waals surface area (Å²) in [5.74, 6) is -0.239. The molecule has 0 aromatic rings. The van der Waals surface area contributed by atoms with Gasteiger partial charge < -0.3 is 4.74 Å². The Morgan fingerprint density at radius 1 is 1.79 bits per heavy atom. The predicted molar refractivity (Wildman–Crippen MR) is 56.8 cm³/mol. The number of rotatable bonds is 3. The number of ether oxygens (including phenoxy) is 1. The number of hydrogen-bond donors (Lipinski definition) is 0. The van der Waals surface area contributed by atoms with Gasteiger partial charge in [0.2, 0.25) is 0 Å². The summed E-state index contributed by atoms with van der Waals surface area (Å²) in [4.78, 5) is 10.6. The van der Waals surface area contributed by atoms with Crippen molar-refractivity contribution in [2.45, 2.75) is 20.3 Å². The highest BCUT2D eigenvalue weighted by atomic mass is 16.5. The Balaban J connectivity index is 2.51. The third-order valence-electron chi connectivity index (χ3n) is 2.39. The van der Waals surface area contributed by atoms with Crippen LogP contribution in [0, 0.1) is 5.41 Å². The summed E-state index contributed by atoms with van der Waals surface area (Å²) in [7, 11) is 0. The second-order valence-electron chi connectivity index (χ2n) is 3.81. The Morgan fingerprint density at radius 2 is 2.50 bits per heavy atom. The van der Waals surface area contributed by atoms with Crippen molar-refractivity contribution in [2.75, 3.05) is 6.61 Å². The van der Waals surface area contributed by atoms with Crippen molar-refractivity contribution < 1.29 is 9.53 Å². The normalized spacial score (nSPS) is 25.4. The molecule has 0 aliphatic heterocycles. The zero-order valence-electron chi connectivity index (χ0n) is 8.75. The molecule has 0 fully saturated rings. The quantitative estimate of drug-likeness (QED) is 0.507. The number of carbonyl (C=O) groups is 1. The second kappa shape index (κ2) is 4.27. The van der Waals surface area contributed by atoms with Crippen LogP contribution in [0.1, 0.15) is 20.3 Å². The molecule has 2 heteroatoms. The van der Waals surface area contributed by atoms with Crippen molar-refractivity contribution in [3.63, 3.8) is 0 Å². The van der Waals surface area contributed by atoms with E-state index < -0.39 is 0 Å². The van der Waals surface area contributed by atoms with Gasteiger partial charge in [-0.05, 0) is 12.0 Å². The fraction of sp³-hybridized carbons (Fsp3) is 0.417. The molecule has 0 spiro atoms. The van der Waals surface area contributed by atoms with E-state index >= 15 is 0 Å². The molecular formula is C12H16O2. The molecule has 14 heavy (non-hydrogen) atoms. The highest BCUT2D eigenvalue weighted by Gasteiger charge is 2.18. The third kappa shape index (κ3) is 2.87. The fourth-order valence-corrected chi connectivity index (χ4v) is 1.23. The van der Waals surface area contributed by atoms with Gasteiger partial charge in [0.15, 0.2) is 0 Å². The van der Waals surface area contributed by atoms with Crippen molar-refractivity contribution >= 4 is 5.97 Å². The van der Waals surface area contributed by atoms with E-state index in [4.69, 9.17) is 4.74 Å². The van der Waals surface area contributed by atoms with Crippen molar-refractivity contribution in [3.8, 4) is 0 Å². The van der Waals surface area contributed by atoms with Crippen LogP contribution in [0.4, 0.5) is 0 Å². The molecule has 0 bridgehead atoms. The van der Waals surface area contributed by atoms with E-state index in [0.29, 0.717) is 6.61 Å². The molecule has 1 unspecified atom stereocenters. The minimum Gasteiger partial charge on any atom is -0.461 e. The summed E-state index contributed by atoms with van der Waals surface area (Å²) in [6.07, 6.45) is 9.03. The lowest BCUT2D eigenvalue weighted by Crippen LogP contribution is -2.12. The average Bonchev–Trinajstić information content (AvgIpc) is 2.17. The first-order chi connectivity index (χ1) is 6.56. The molecule has 1 atom stereocenters. The highest BCUT2D eigenvalue weighted by Crippen LogP contribution is 2.30. The summed E-state index contributed by atoms with van der Waals surface area (Å²) in [5, 5.41) is 0. The largest absolute Gasteiger partial charge is 0.461 e. The molecule has 1 aliphatic rings. The molecule has 1 rings (SSSR count). The smallest absolute Gasteiger partial charge is 0.302 e. The van der Waals surface area contributed by atoms with E-state index in [0.717, 1.165) is 12.0 Å². The predicted octanol–water partition coefficient (Wildman–Crippen LogP) is 2.63. The van der Waals surface area contributed by atoms with E-state index in [9.17, 15) is 4.79 Å². The van der Waals surface area contributed by atoms with Gasteiger partial charge >= 0.3 is 5.97 Å². The first-order valence-corrected chi connectivity index (χ1v) is 4.71. The topological polar surface area (TPSA) is 26.3 Å². The van der Waals surface area contributed by atoms with Crippen molar-refractivity contribution in [1.82, 2.24) is 0 Å². The zero-order valence-corrected chi connectivity index (χ0v) is 8.75. The number of esters is 1. The fourth-order valence-electron chi connectivity index (χ4n) is 1.23. The zero-order chi connectivity index (χ0) is 10.6. The first-order valence-electron chi connectivity index (χ1n) is 4.71. The van der Waals surface area contributed by atoms with Crippen LogP contribution in [-0.2, 0) is 9.53 Å². The van der Waals surface area contributed by atoms with Crippen molar-refractivity contribution in [3.05, 3.63) is 36.5 Å². The van der Waals surface area contributed by atoms with Crippen LogP contribution >= 0.6 is 0 Å². The van der Waals surface area contributed by atoms with Crippen LogP contribution in [-0.4, -0.2) is 12.6 Å². The van der Waals surface area contributed by atoms with Gasteiger partial charge in [0.1, 0.15) is 6.61 Å². The van der Waals surface area contributed by atoms with Crippen LogP contribution < -0.4 is 0 Å². The van der Waals surface area contributed by atoms with Crippen molar-refractivity contribution in [2.24, 2.45) is 5.41 Å². The van der Waals surface area contributed by atoms with Gasteiger partial charge in [0.05, 0.1) is 0 Å². The number of allylic oxidation sites excluding steroid dienone is 3. The lowest BCUT2D eigenvalue weighted by Gasteiger charge is -2.23. The summed E-state index contributed by atoms with van der Waals surface area (Å²) in [5.41, 5.74) is 1.11. The van der Waals surface area contributed by atoms with Crippen LogP contribution in [0.5, 0.6) is 0 Å². The van der Waals surface area contributed by atoms with Gasteiger partial charge in [-0.25, -0.2) is 0 Å². The second-order valence-corrected chi connectivity index (χ2v) is 3.81. The molecule has 0 N–H and O–H groups in total. The molecule has 0 saturated heterocycles. The molecular weight excluding hydrogens is 176 g/mol. The highest BCUT2D eigenvalue weighted by molar-refractivity contribution is 5.66. The molecule has 2 nitrogen and oxygen atoms in total. The van der Waals surface area contributed by atoms with Gasteiger partial charge in [-0.1, -0.05) is 31.2 Å². The van der Waals surface area contributed by atoms with E-state index in [-0.39, 0.29) is 11.4 Å². The van der Waals surface area contributed by atoms with Gasteiger partial charge in [0.25, 0.3) is 0 Å². The monoisotopic (exact) mass is 192 g/mol. The van der Waals surface area contributed by atoms with Gasteiger partial charge in [-0.2, -0.15) is 0 Å². The summed E-state index contributed by atoms with van der Waals surface area (Å²) in [6, 6.07) is 0. The van der Waals surface area contributed by atoms with Crippen LogP contribution in [0.25, 0.3) is 0 Å². The molecule has 1 aliphatic carbocycles. The lowest BCUT2D eigenvalue weighted by molar-refractivity contribution is -0.139.